The third kappa shape index (κ3) is 0.867. The molecular weight excluding hydrogens is 136 g/mol. The molecule has 1 heteroatoms. The molecule has 0 aromatic rings. The van der Waals surface area contributed by atoms with Crippen LogP contribution >= 0.6 is 0 Å². The molecule has 2 bridgehead atoms. The number of aldehydes is 1. The van der Waals surface area contributed by atoms with Crippen molar-refractivity contribution in [3.8, 4) is 0 Å². The Morgan fingerprint density at radius 3 is 2.73 bits per heavy atom. The summed E-state index contributed by atoms with van der Waals surface area (Å²) in [5.41, 5.74) is 0. The summed E-state index contributed by atoms with van der Waals surface area (Å²) in [6.45, 7) is 2.19. The number of carbonyl (C=O) groups excluding carboxylic acids is 1. The van der Waals surface area contributed by atoms with Crippen LogP contribution in [0, 0.1) is 23.7 Å². The SMILES string of the molecule is CC[C@@H]1C2C=CC(C2)[C@@H]1C=O. The molecular formula is C10H14O. The quantitative estimate of drug-likeness (QED) is 0.435. The molecule has 60 valence electrons. The minimum absolute atomic E-state index is 0.343. The van der Waals surface area contributed by atoms with Crippen LogP contribution in [0.4, 0.5) is 0 Å². The number of hydrogen-bond acceptors (Lipinski definition) is 1. The summed E-state index contributed by atoms with van der Waals surface area (Å²) in [4.78, 5) is 10.7. The van der Waals surface area contributed by atoms with Gasteiger partial charge in [-0.1, -0.05) is 25.5 Å². The summed E-state index contributed by atoms with van der Waals surface area (Å²) in [6.07, 6.45) is 8.11. The van der Waals surface area contributed by atoms with Crippen LogP contribution in [0.3, 0.4) is 0 Å². The van der Waals surface area contributed by atoms with Crippen molar-refractivity contribution in [1.29, 1.82) is 0 Å². The second-order valence-electron chi connectivity index (χ2n) is 3.73. The number of fused-ring (bicyclic) bond motifs is 2. The van der Waals surface area contributed by atoms with Gasteiger partial charge in [-0.2, -0.15) is 0 Å². The molecule has 2 rings (SSSR count). The van der Waals surface area contributed by atoms with Crippen LogP contribution < -0.4 is 0 Å². The van der Waals surface area contributed by atoms with Crippen molar-refractivity contribution < 1.29 is 4.79 Å². The van der Waals surface area contributed by atoms with E-state index in [1.165, 1.54) is 12.7 Å². The van der Waals surface area contributed by atoms with Gasteiger partial charge in [0.15, 0.2) is 0 Å². The number of rotatable bonds is 2. The Hall–Kier alpha value is -0.590. The Morgan fingerprint density at radius 2 is 2.18 bits per heavy atom. The number of carbonyl (C=O) groups is 1. The average Bonchev–Trinajstić information content (AvgIpc) is 2.60. The highest BCUT2D eigenvalue weighted by Crippen LogP contribution is 2.48. The number of allylic oxidation sites excluding steroid dienone is 2. The van der Waals surface area contributed by atoms with Crippen LogP contribution in [0.15, 0.2) is 12.2 Å². The first-order chi connectivity index (χ1) is 5.36. The predicted octanol–water partition coefficient (Wildman–Crippen LogP) is 2.03. The lowest BCUT2D eigenvalue weighted by Gasteiger charge is -2.21. The van der Waals surface area contributed by atoms with Crippen molar-refractivity contribution in [3.05, 3.63) is 12.2 Å². The van der Waals surface area contributed by atoms with Crippen molar-refractivity contribution >= 4 is 6.29 Å². The first-order valence-corrected chi connectivity index (χ1v) is 4.50. The van der Waals surface area contributed by atoms with Gasteiger partial charge >= 0.3 is 0 Å². The van der Waals surface area contributed by atoms with E-state index in [0.717, 1.165) is 12.3 Å². The second kappa shape index (κ2) is 2.47. The normalized spacial score (nSPS) is 46.6. The highest BCUT2D eigenvalue weighted by molar-refractivity contribution is 5.57. The van der Waals surface area contributed by atoms with Gasteiger partial charge in [0.2, 0.25) is 0 Å². The minimum atomic E-state index is 0.343. The summed E-state index contributed by atoms with van der Waals surface area (Å²) in [7, 11) is 0. The van der Waals surface area contributed by atoms with Crippen LogP contribution in [0.2, 0.25) is 0 Å². The van der Waals surface area contributed by atoms with Gasteiger partial charge in [0.05, 0.1) is 0 Å². The molecule has 2 aliphatic carbocycles. The van der Waals surface area contributed by atoms with Crippen LogP contribution in [0.1, 0.15) is 19.8 Å². The van der Waals surface area contributed by atoms with E-state index in [-0.39, 0.29) is 0 Å². The highest BCUT2D eigenvalue weighted by Gasteiger charge is 2.42. The molecule has 0 aromatic heterocycles. The molecule has 0 radical (unpaired) electrons. The predicted molar refractivity (Wildman–Crippen MR) is 44.1 cm³/mol. The molecule has 2 aliphatic rings. The molecule has 0 aromatic carbocycles. The first kappa shape index (κ1) is 7.08. The van der Waals surface area contributed by atoms with Gasteiger partial charge in [0.25, 0.3) is 0 Å². The molecule has 0 amide bonds. The standard InChI is InChI=1S/C10H14O/c1-2-9-7-3-4-8(5-7)10(9)6-11/h3-4,6-10H,2,5H2,1H3/t7?,8?,9-,10+/m1/s1. The van der Waals surface area contributed by atoms with E-state index in [1.54, 1.807) is 0 Å². The Balaban J connectivity index is 2.21. The molecule has 11 heavy (non-hydrogen) atoms. The Kier molecular flexibility index (Phi) is 1.59. The van der Waals surface area contributed by atoms with Gasteiger partial charge in [-0.15, -0.1) is 0 Å². The molecule has 1 nitrogen and oxygen atoms in total. The third-order valence-electron chi connectivity index (χ3n) is 3.32. The molecule has 1 fully saturated rings. The van der Waals surface area contributed by atoms with E-state index in [0.29, 0.717) is 17.8 Å². The van der Waals surface area contributed by atoms with Crippen molar-refractivity contribution in [2.24, 2.45) is 23.7 Å². The minimum Gasteiger partial charge on any atom is -0.303 e. The van der Waals surface area contributed by atoms with Gasteiger partial charge in [-0.05, 0) is 24.2 Å². The fraction of sp³-hybridized carbons (Fsp3) is 0.700. The van der Waals surface area contributed by atoms with Crippen LogP contribution in [-0.2, 0) is 4.79 Å². The van der Waals surface area contributed by atoms with E-state index < -0.39 is 0 Å². The average molecular weight is 150 g/mol. The third-order valence-corrected chi connectivity index (χ3v) is 3.32. The summed E-state index contributed by atoms with van der Waals surface area (Å²) in [5, 5.41) is 0. The summed E-state index contributed by atoms with van der Waals surface area (Å²) < 4.78 is 0. The lowest BCUT2D eigenvalue weighted by molar-refractivity contribution is -0.113. The van der Waals surface area contributed by atoms with Crippen LogP contribution in [0.25, 0.3) is 0 Å². The second-order valence-corrected chi connectivity index (χ2v) is 3.73. The zero-order valence-electron chi connectivity index (χ0n) is 6.86. The van der Waals surface area contributed by atoms with Gasteiger partial charge in [-0.25, -0.2) is 0 Å². The lowest BCUT2D eigenvalue weighted by Crippen LogP contribution is -2.19. The maximum Gasteiger partial charge on any atom is 0.123 e. The Morgan fingerprint density at radius 1 is 1.45 bits per heavy atom. The van der Waals surface area contributed by atoms with Crippen molar-refractivity contribution in [2.45, 2.75) is 19.8 Å². The molecule has 4 atom stereocenters. The van der Waals surface area contributed by atoms with Gasteiger partial charge in [0, 0.05) is 5.92 Å². The maximum absolute atomic E-state index is 10.7. The Bertz CT molecular complexity index is 195. The first-order valence-electron chi connectivity index (χ1n) is 4.50. The largest absolute Gasteiger partial charge is 0.303 e. The summed E-state index contributed by atoms with van der Waals surface area (Å²) in [6, 6.07) is 0. The molecule has 2 unspecified atom stereocenters. The van der Waals surface area contributed by atoms with E-state index in [4.69, 9.17) is 0 Å². The molecule has 0 N–H and O–H groups in total. The van der Waals surface area contributed by atoms with E-state index >= 15 is 0 Å². The van der Waals surface area contributed by atoms with E-state index in [9.17, 15) is 4.79 Å². The fourth-order valence-corrected chi connectivity index (χ4v) is 2.74. The fourth-order valence-electron chi connectivity index (χ4n) is 2.74. The van der Waals surface area contributed by atoms with Crippen molar-refractivity contribution in [3.63, 3.8) is 0 Å². The molecule has 0 spiro atoms. The molecule has 0 aliphatic heterocycles. The van der Waals surface area contributed by atoms with Gasteiger partial charge in [0.1, 0.15) is 6.29 Å². The van der Waals surface area contributed by atoms with Gasteiger partial charge < -0.3 is 4.79 Å². The smallest absolute Gasteiger partial charge is 0.123 e. The zero-order chi connectivity index (χ0) is 7.84. The molecule has 0 saturated heterocycles. The van der Waals surface area contributed by atoms with E-state index in [2.05, 4.69) is 19.1 Å². The lowest BCUT2D eigenvalue weighted by atomic mass is 9.82. The summed E-state index contributed by atoms with van der Waals surface area (Å²) in [5.74, 6) is 2.31. The van der Waals surface area contributed by atoms with Crippen LogP contribution in [0.5, 0.6) is 0 Å². The van der Waals surface area contributed by atoms with Crippen LogP contribution in [-0.4, -0.2) is 6.29 Å². The van der Waals surface area contributed by atoms with Gasteiger partial charge in [-0.3, -0.25) is 0 Å². The molecule has 0 heterocycles. The topological polar surface area (TPSA) is 17.1 Å². The highest BCUT2D eigenvalue weighted by atomic mass is 16.1. The monoisotopic (exact) mass is 150 g/mol. The summed E-state index contributed by atoms with van der Waals surface area (Å²) >= 11 is 0. The van der Waals surface area contributed by atoms with Crippen molar-refractivity contribution in [2.75, 3.05) is 0 Å². The van der Waals surface area contributed by atoms with E-state index in [1.807, 2.05) is 0 Å². The number of hydrogen-bond donors (Lipinski definition) is 0. The van der Waals surface area contributed by atoms with Crippen molar-refractivity contribution in [1.82, 2.24) is 0 Å². The molecule has 1 saturated carbocycles. The maximum atomic E-state index is 10.7. The zero-order valence-corrected chi connectivity index (χ0v) is 6.86. The Labute approximate surface area is 67.5 Å².